The van der Waals surface area contributed by atoms with Gasteiger partial charge in [0.05, 0.1) is 13.2 Å². The molecule has 0 radical (unpaired) electrons. The Kier molecular flexibility index (Phi) is 7.49. The number of nitrogens with zero attached hydrogens (tertiary/aromatic N) is 1. The van der Waals surface area contributed by atoms with E-state index in [1.165, 1.54) is 11.1 Å². The molecule has 2 atom stereocenters. The van der Waals surface area contributed by atoms with E-state index in [2.05, 4.69) is 67.4 Å². The standard InChI is InChI=1S/C29H37NO2/c1-3-25-11-7-8-17-29(25,26-14-18-30(2)19-15-26)27-21-23(12-13-28(27)31)16-20-32-22-24-9-5-4-6-10-24/h4-13,17,21,25-26,31H,3,14-16,18-20,22H2,1-2H3. The number of phenols is 1. The molecule has 0 amide bonds. The lowest BCUT2D eigenvalue weighted by Crippen LogP contribution is -2.46. The minimum atomic E-state index is -0.143. The summed E-state index contributed by atoms with van der Waals surface area (Å²) in [6.45, 7) is 5.82. The van der Waals surface area contributed by atoms with Crippen LogP contribution in [0, 0.1) is 11.8 Å². The molecule has 4 rings (SSSR count). The molecule has 1 saturated heterocycles. The molecule has 1 N–H and O–H groups in total. The van der Waals surface area contributed by atoms with Crippen LogP contribution in [0.1, 0.15) is 42.9 Å². The highest BCUT2D eigenvalue weighted by Gasteiger charge is 2.46. The van der Waals surface area contributed by atoms with E-state index in [1.54, 1.807) is 0 Å². The highest BCUT2D eigenvalue weighted by atomic mass is 16.5. The first-order chi connectivity index (χ1) is 15.6. The van der Waals surface area contributed by atoms with Crippen molar-refractivity contribution < 1.29 is 9.84 Å². The monoisotopic (exact) mass is 431 g/mol. The second-order valence-corrected chi connectivity index (χ2v) is 9.41. The molecule has 2 aliphatic rings. The maximum Gasteiger partial charge on any atom is 0.119 e. The highest BCUT2D eigenvalue weighted by molar-refractivity contribution is 5.48. The van der Waals surface area contributed by atoms with Crippen LogP contribution in [0.3, 0.4) is 0 Å². The largest absolute Gasteiger partial charge is 0.508 e. The lowest BCUT2D eigenvalue weighted by Gasteiger charge is -2.48. The number of phenolic OH excluding ortho intramolecular Hbond substituents is 1. The molecule has 3 nitrogen and oxygen atoms in total. The molecule has 3 heteroatoms. The van der Waals surface area contributed by atoms with Crippen LogP contribution in [0.2, 0.25) is 0 Å². The van der Waals surface area contributed by atoms with Crippen LogP contribution in [-0.4, -0.2) is 36.8 Å². The maximum absolute atomic E-state index is 11.1. The molecular weight excluding hydrogens is 394 g/mol. The first-order valence-electron chi connectivity index (χ1n) is 12.1. The minimum absolute atomic E-state index is 0.143. The van der Waals surface area contributed by atoms with Crippen molar-refractivity contribution in [3.8, 4) is 5.75 Å². The van der Waals surface area contributed by atoms with E-state index >= 15 is 0 Å². The van der Waals surface area contributed by atoms with Crippen LogP contribution < -0.4 is 0 Å². The van der Waals surface area contributed by atoms with Gasteiger partial charge in [0.25, 0.3) is 0 Å². The molecule has 1 heterocycles. The summed E-state index contributed by atoms with van der Waals surface area (Å²) in [7, 11) is 2.21. The number of piperidine rings is 1. The molecule has 170 valence electrons. The van der Waals surface area contributed by atoms with E-state index < -0.39 is 0 Å². The highest BCUT2D eigenvalue weighted by Crippen LogP contribution is 2.51. The molecule has 1 aliphatic carbocycles. The lowest BCUT2D eigenvalue weighted by atomic mass is 9.57. The Labute approximate surface area is 193 Å². The van der Waals surface area contributed by atoms with Gasteiger partial charge in [0.15, 0.2) is 0 Å². The van der Waals surface area contributed by atoms with Crippen molar-refractivity contribution in [3.63, 3.8) is 0 Å². The fourth-order valence-electron chi connectivity index (χ4n) is 5.64. The Hall–Kier alpha value is -2.36. The van der Waals surface area contributed by atoms with Crippen molar-refractivity contribution in [3.05, 3.63) is 89.5 Å². The van der Waals surface area contributed by atoms with Crippen LogP contribution in [0.15, 0.2) is 72.8 Å². The average molecular weight is 432 g/mol. The van der Waals surface area contributed by atoms with Gasteiger partial charge in [0.2, 0.25) is 0 Å². The normalized spacial score (nSPS) is 24.1. The van der Waals surface area contributed by atoms with Gasteiger partial charge in [0, 0.05) is 11.0 Å². The van der Waals surface area contributed by atoms with Crippen molar-refractivity contribution in [1.29, 1.82) is 0 Å². The molecule has 0 bridgehead atoms. The fourth-order valence-corrected chi connectivity index (χ4v) is 5.64. The zero-order chi connectivity index (χ0) is 22.4. The summed E-state index contributed by atoms with van der Waals surface area (Å²) in [5, 5.41) is 11.1. The van der Waals surface area contributed by atoms with Crippen molar-refractivity contribution in [1.82, 2.24) is 4.90 Å². The molecule has 2 aromatic rings. The smallest absolute Gasteiger partial charge is 0.119 e. The summed E-state index contributed by atoms with van der Waals surface area (Å²) in [4.78, 5) is 2.42. The molecule has 0 spiro atoms. The van der Waals surface area contributed by atoms with Crippen LogP contribution in [0.25, 0.3) is 0 Å². The quantitative estimate of drug-likeness (QED) is 0.530. The molecule has 1 aliphatic heterocycles. The zero-order valence-electron chi connectivity index (χ0n) is 19.5. The Morgan fingerprint density at radius 1 is 1.03 bits per heavy atom. The second kappa shape index (κ2) is 10.5. The van der Waals surface area contributed by atoms with Gasteiger partial charge < -0.3 is 14.7 Å². The van der Waals surface area contributed by atoms with Gasteiger partial charge in [-0.3, -0.25) is 0 Å². The number of ether oxygens (including phenoxy) is 1. The molecule has 2 aromatic carbocycles. The lowest BCUT2D eigenvalue weighted by molar-refractivity contribution is 0.123. The van der Waals surface area contributed by atoms with E-state index in [0.29, 0.717) is 30.8 Å². The summed E-state index contributed by atoms with van der Waals surface area (Å²) in [6, 6.07) is 16.5. The Morgan fingerprint density at radius 2 is 1.81 bits per heavy atom. The SMILES string of the molecule is CCC1C=CC=CC1(c1cc(CCOCc2ccccc2)ccc1O)C1CCN(C)CC1. The third-order valence-electron chi connectivity index (χ3n) is 7.45. The van der Waals surface area contributed by atoms with Gasteiger partial charge >= 0.3 is 0 Å². The minimum Gasteiger partial charge on any atom is -0.508 e. The summed E-state index contributed by atoms with van der Waals surface area (Å²) < 4.78 is 5.94. The summed E-state index contributed by atoms with van der Waals surface area (Å²) >= 11 is 0. The van der Waals surface area contributed by atoms with Gasteiger partial charge in [-0.25, -0.2) is 0 Å². The number of aromatic hydroxyl groups is 1. The second-order valence-electron chi connectivity index (χ2n) is 9.41. The van der Waals surface area contributed by atoms with E-state index in [9.17, 15) is 5.11 Å². The van der Waals surface area contributed by atoms with Gasteiger partial charge in [-0.15, -0.1) is 0 Å². The van der Waals surface area contributed by atoms with Crippen molar-refractivity contribution in [2.75, 3.05) is 26.7 Å². The molecule has 1 fully saturated rings. The number of hydrogen-bond acceptors (Lipinski definition) is 3. The summed E-state index contributed by atoms with van der Waals surface area (Å²) in [5.74, 6) is 1.35. The number of likely N-dealkylation sites (tertiary alicyclic amines) is 1. The molecular formula is C29H37NO2. The van der Waals surface area contributed by atoms with Crippen LogP contribution >= 0.6 is 0 Å². The molecule has 0 aromatic heterocycles. The average Bonchev–Trinajstić information content (AvgIpc) is 2.84. The Balaban J connectivity index is 1.56. The predicted octanol–water partition coefficient (Wildman–Crippen LogP) is 5.88. The zero-order valence-corrected chi connectivity index (χ0v) is 19.5. The third kappa shape index (κ3) is 4.84. The van der Waals surface area contributed by atoms with Crippen LogP contribution in [-0.2, 0) is 23.2 Å². The van der Waals surface area contributed by atoms with Crippen molar-refractivity contribution in [2.24, 2.45) is 11.8 Å². The van der Waals surface area contributed by atoms with E-state index in [0.717, 1.165) is 44.3 Å². The van der Waals surface area contributed by atoms with E-state index in [4.69, 9.17) is 4.74 Å². The summed E-state index contributed by atoms with van der Waals surface area (Å²) in [5.41, 5.74) is 3.39. The summed E-state index contributed by atoms with van der Waals surface area (Å²) in [6.07, 6.45) is 13.4. The van der Waals surface area contributed by atoms with E-state index in [-0.39, 0.29) is 5.41 Å². The predicted molar refractivity (Wildman–Crippen MR) is 132 cm³/mol. The maximum atomic E-state index is 11.1. The number of allylic oxidation sites excluding steroid dienone is 4. The molecule has 2 unspecified atom stereocenters. The number of rotatable bonds is 8. The Morgan fingerprint density at radius 3 is 2.56 bits per heavy atom. The van der Waals surface area contributed by atoms with Crippen LogP contribution in [0.4, 0.5) is 0 Å². The third-order valence-corrected chi connectivity index (χ3v) is 7.45. The van der Waals surface area contributed by atoms with Gasteiger partial charge in [-0.1, -0.05) is 73.7 Å². The molecule has 32 heavy (non-hydrogen) atoms. The fraction of sp³-hybridized carbons (Fsp3) is 0.448. The van der Waals surface area contributed by atoms with E-state index in [1.807, 2.05) is 24.3 Å². The Bertz CT molecular complexity index is 927. The van der Waals surface area contributed by atoms with Crippen molar-refractivity contribution >= 4 is 0 Å². The first kappa shape index (κ1) is 22.8. The van der Waals surface area contributed by atoms with Crippen molar-refractivity contribution in [2.45, 2.75) is 44.6 Å². The van der Waals surface area contributed by atoms with Gasteiger partial charge in [-0.05, 0) is 74.8 Å². The van der Waals surface area contributed by atoms with Crippen LogP contribution in [0.5, 0.6) is 5.75 Å². The van der Waals surface area contributed by atoms with Gasteiger partial charge in [0.1, 0.15) is 5.75 Å². The first-order valence-corrected chi connectivity index (χ1v) is 12.1. The van der Waals surface area contributed by atoms with Gasteiger partial charge in [-0.2, -0.15) is 0 Å². The number of benzene rings is 2. The number of hydrogen-bond donors (Lipinski definition) is 1. The topological polar surface area (TPSA) is 32.7 Å². The molecule has 0 saturated carbocycles.